The second kappa shape index (κ2) is 5.79. The summed E-state index contributed by atoms with van der Waals surface area (Å²) in [5.41, 5.74) is 5.01. The van der Waals surface area contributed by atoms with Crippen molar-refractivity contribution in [3.8, 4) is 0 Å². The monoisotopic (exact) mass is 303 g/mol. The second-order valence-corrected chi connectivity index (χ2v) is 12.4. The smallest absolute Gasteiger partial charge is 0.151 e. The molecular formula is C19H33NSi. The van der Waals surface area contributed by atoms with Crippen LogP contribution >= 0.6 is 0 Å². The highest BCUT2D eigenvalue weighted by Crippen LogP contribution is 2.53. The van der Waals surface area contributed by atoms with Gasteiger partial charge in [0.05, 0.1) is 0 Å². The minimum absolute atomic E-state index is 0.827. The number of benzene rings is 1. The van der Waals surface area contributed by atoms with E-state index in [0.717, 1.165) is 29.2 Å². The van der Waals surface area contributed by atoms with Crippen LogP contribution in [0.3, 0.4) is 0 Å². The van der Waals surface area contributed by atoms with Crippen LogP contribution in [0.4, 0.5) is 5.69 Å². The highest BCUT2D eigenvalue weighted by molar-refractivity contribution is 6.82. The minimum atomic E-state index is -1.53. The van der Waals surface area contributed by atoms with Gasteiger partial charge < -0.3 is 4.98 Å². The van der Waals surface area contributed by atoms with Gasteiger partial charge in [0.2, 0.25) is 0 Å². The van der Waals surface area contributed by atoms with Crippen molar-refractivity contribution < 1.29 is 0 Å². The van der Waals surface area contributed by atoms with Crippen LogP contribution in [0, 0.1) is 37.5 Å². The fourth-order valence-electron chi connectivity index (χ4n) is 4.82. The zero-order valence-electron chi connectivity index (χ0n) is 15.1. The van der Waals surface area contributed by atoms with Crippen molar-refractivity contribution in [3.63, 3.8) is 0 Å². The van der Waals surface area contributed by atoms with E-state index in [1.165, 1.54) is 16.8 Å². The van der Waals surface area contributed by atoms with Crippen LogP contribution in [0.2, 0.25) is 18.6 Å². The van der Waals surface area contributed by atoms with Gasteiger partial charge in [0.15, 0.2) is 8.24 Å². The number of nitrogens with one attached hydrogen (secondary N) is 1. The summed E-state index contributed by atoms with van der Waals surface area (Å²) in [5, 5.41) is 0. The maximum Gasteiger partial charge on any atom is 0.151 e. The van der Waals surface area contributed by atoms with Crippen LogP contribution in [-0.2, 0) is 0 Å². The summed E-state index contributed by atoms with van der Waals surface area (Å²) in [7, 11) is -1.53. The van der Waals surface area contributed by atoms with E-state index in [1.807, 2.05) is 0 Å². The van der Waals surface area contributed by atoms with Gasteiger partial charge in [-0.3, -0.25) is 0 Å². The number of para-hydroxylation sites is 1. The lowest BCUT2D eigenvalue weighted by molar-refractivity contribution is 0.352. The van der Waals surface area contributed by atoms with Crippen molar-refractivity contribution in [2.24, 2.45) is 23.7 Å². The fraction of sp³-hybridized carbons (Fsp3) is 0.684. The Morgan fingerprint density at radius 3 is 1.67 bits per heavy atom. The number of anilines is 1. The van der Waals surface area contributed by atoms with Crippen LogP contribution in [-0.4, -0.2) is 8.24 Å². The van der Waals surface area contributed by atoms with Gasteiger partial charge in [0, 0.05) is 5.69 Å². The molecule has 1 aliphatic rings. The molecule has 0 aliphatic heterocycles. The third-order valence-corrected chi connectivity index (χ3v) is 10.00. The predicted molar refractivity (Wildman–Crippen MR) is 97.4 cm³/mol. The first-order valence-corrected chi connectivity index (χ1v) is 11.6. The van der Waals surface area contributed by atoms with Crippen LogP contribution < -0.4 is 4.98 Å². The van der Waals surface area contributed by atoms with Gasteiger partial charge in [-0.2, -0.15) is 0 Å². The molecule has 4 atom stereocenters. The van der Waals surface area contributed by atoms with Crippen molar-refractivity contribution in [3.05, 3.63) is 29.3 Å². The number of hydrogen-bond acceptors (Lipinski definition) is 1. The zero-order chi connectivity index (χ0) is 15.9. The maximum absolute atomic E-state index is 4.04. The molecule has 1 nitrogen and oxygen atoms in total. The Bertz CT molecular complexity index is 474. The molecular weight excluding hydrogens is 270 g/mol. The largest absolute Gasteiger partial charge is 0.410 e. The van der Waals surface area contributed by atoms with Crippen LogP contribution in [0.1, 0.15) is 38.8 Å². The van der Waals surface area contributed by atoms with Gasteiger partial charge in [0.25, 0.3) is 0 Å². The molecule has 0 bridgehead atoms. The SMILES string of the molecule is Cc1cccc(C)c1N[Si](C)(C)C1C(C)C(C)C(C)C1C. The number of aryl methyl sites for hydroxylation is 2. The van der Waals surface area contributed by atoms with Crippen molar-refractivity contribution in [2.45, 2.75) is 60.2 Å². The van der Waals surface area contributed by atoms with Gasteiger partial charge in [-0.1, -0.05) is 59.0 Å². The van der Waals surface area contributed by atoms with E-state index >= 15 is 0 Å². The summed E-state index contributed by atoms with van der Waals surface area (Å²) in [5.74, 6) is 3.34. The molecule has 0 aromatic heterocycles. The topological polar surface area (TPSA) is 12.0 Å². The van der Waals surface area contributed by atoms with Crippen LogP contribution in [0.15, 0.2) is 18.2 Å². The summed E-state index contributed by atoms with van der Waals surface area (Å²) >= 11 is 0. The van der Waals surface area contributed by atoms with E-state index in [2.05, 4.69) is 77.8 Å². The molecule has 0 saturated heterocycles. The summed E-state index contributed by atoms with van der Waals surface area (Å²) in [6.07, 6.45) is 0. The maximum atomic E-state index is 4.04. The summed E-state index contributed by atoms with van der Waals surface area (Å²) < 4.78 is 0. The molecule has 1 fully saturated rings. The highest BCUT2D eigenvalue weighted by Gasteiger charge is 2.49. The summed E-state index contributed by atoms with van der Waals surface area (Å²) in [6.45, 7) is 19.4. The quantitative estimate of drug-likeness (QED) is 0.691. The average molecular weight is 304 g/mol. The molecule has 1 aromatic carbocycles. The molecule has 0 heterocycles. The van der Waals surface area contributed by atoms with E-state index in [9.17, 15) is 0 Å². The molecule has 118 valence electrons. The Morgan fingerprint density at radius 1 is 0.810 bits per heavy atom. The Morgan fingerprint density at radius 2 is 1.24 bits per heavy atom. The molecule has 2 heteroatoms. The lowest BCUT2D eigenvalue weighted by atomic mass is 9.92. The summed E-state index contributed by atoms with van der Waals surface area (Å²) in [4.78, 5) is 4.04. The molecule has 4 unspecified atom stereocenters. The van der Waals surface area contributed by atoms with Crippen molar-refractivity contribution in [1.82, 2.24) is 0 Å². The fourth-order valence-corrected chi connectivity index (χ4v) is 9.26. The zero-order valence-corrected chi connectivity index (χ0v) is 16.1. The molecule has 1 aromatic rings. The molecule has 21 heavy (non-hydrogen) atoms. The Labute approximate surface area is 132 Å². The van der Waals surface area contributed by atoms with Crippen LogP contribution in [0.25, 0.3) is 0 Å². The van der Waals surface area contributed by atoms with E-state index in [1.54, 1.807) is 0 Å². The van der Waals surface area contributed by atoms with E-state index in [0.29, 0.717) is 0 Å². The molecule has 0 amide bonds. The van der Waals surface area contributed by atoms with E-state index in [-0.39, 0.29) is 0 Å². The van der Waals surface area contributed by atoms with E-state index < -0.39 is 8.24 Å². The summed E-state index contributed by atoms with van der Waals surface area (Å²) in [6, 6.07) is 6.62. The highest BCUT2D eigenvalue weighted by atomic mass is 28.3. The van der Waals surface area contributed by atoms with Gasteiger partial charge in [0.1, 0.15) is 0 Å². The minimum Gasteiger partial charge on any atom is -0.410 e. The second-order valence-electron chi connectivity index (χ2n) is 8.08. The first-order chi connectivity index (χ1) is 9.66. The Kier molecular flexibility index (Phi) is 4.58. The van der Waals surface area contributed by atoms with Gasteiger partial charge in [-0.05, 0) is 54.2 Å². The van der Waals surface area contributed by atoms with Crippen molar-refractivity contribution in [2.75, 3.05) is 4.98 Å². The lowest BCUT2D eigenvalue weighted by Gasteiger charge is -2.38. The molecule has 0 radical (unpaired) electrons. The normalized spacial score (nSPS) is 33.2. The standard InChI is InChI=1S/C19H33NSi/c1-12-10-9-11-13(2)18(12)20-21(7,8)19-16(5)14(3)15(4)17(19)6/h9-11,14-17,19-20H,1-8H3. The number of hydrogen-bond donors (Lipinski definition) is 1. The number of rotatable bonds is 3. The lowest BCUT2D eigenvalue weighted by Crippen LogP contribution is -2.46. The first kappa shape index (κ1) is 16.6. The van der Waals surface area contributed by atoms with Gasteiger partial charge in [-0.15, -0.1) is 0 Å². The van der Waals surface area contributed by atoms with Crippen LogP contribution in [0.5, 0.6) is 0 Å². The third-order valence-electron chi connectivity index (χ3n) is 6.38. The average Bonchev–Trinajstić information content (AvgIpc) is 2.59. The Balaban J connectivity index is 2.30. The molecule has 1 aliphatic carbocycles. The van der Waals surface area contributed by atoms with Crippen molar-refractivity contribution >= 4 is 13.9 Å². The first-order valence-electron chi connectivity index (χ1n) is 8.51. The van der Waals surface area contributed by atoms with Gasteiger partial charge in [-0.25, -0.2) is 0 Å². The molecule has 0 spiro atoms. The molecule has 1 saturated carbocycles. The van der Waals surface area contributed by atoms with Crippen molar-refractivity contribution in [1.29, 1.82) is 0 Å². The van der Waals surface area contributed by atoms with Gasteiger partial charge >= 0.3 is 0 Å². The third kappa shape index (κ3) is 2.92. The van der Waals surface area contributed by atoms with E-state index in [4.69, 9.17) is 0 Å². The molecule has 2 rings (SSSR count). The molecule has 1 N–H and O–H groups in total. The Hall–Kier alpha value is -0.763. The predicted octanol–water partition coefficient (Wildman–Crippen LogP) is 5.85.